The van der Waals surface area contributed by atoms with E-state index in [0.717, 1.165) is 20.0 Å². The number of hydrogen-bond donors (Lipinski definition) is 1. The third-order valence-electron chi connectivity index (χ3n) is 5.20. The maximum Gasteiger partial charge on any atom is 0.339 e. The van der Waals surface area contributed by atoms with Gasteiger partial charge in [0.25, 0.3) is 15.9 Å². The van der Waals surface area contributed by atoms with Gasteiger partial charge < -0.3 is 19.1 Å². The Labute approximate surface area is 191 Å². The predicted octanol–water partition coefficient (Wildman–Crippen LogP) is 2.31. The Hall–Kier alpha value is -3.60. The van der Waals surface area contributed by atoms with Crippen molar-refractivity contribution >= 4 is 33.6 Å². The maximum absolute atomic E-state index is 13.2. The lowest BCUT2D eigenvalue weighted by molar-refractivity contribution is 0.0587. The van der Waals surface area contributed by atoms with Gasteiger partial charge in [0.15, 0.2) is 0 Å². The van der Waals surface area contributed by atoms with Gasteiger partial charge in [-0.3, -0.25) is 9.52 Å². The number of carbonyl (C=O) groups excluding carboxylic acids is 3. The molecule has 0 aliphatic carbocycles. The minimum absolute atomic E-state index is 0.0301. The summed E-state index contributed by atoms with van der Waals surface area (Å²) in [4.78, 5) is 38.4. The van der Waals surface area contributed by atoms with Crippen molar-refractivity contribution in [2.24, 2.45) is 0 Å². The molecule has 33 heavy (non-hydrogen) atoms. The molecule has 2 aromatic carbocycles. The molecule has 1 saturated heterocycles. The number of likely N-dealkylation sites (tertiary alicyclic amines) is 1. The van der Waals surface area contributed by atoms with Crippen LogP contribution in [0.3, 0.4) is 0 Å². The van der Waals surface area contributed by atoms with Gasteiger partial charge in [0.1, 0.15) is 5.75 Å². The van der Waals surface area contributed by atoms with E-state index in [0.29, 0.717) is 13.1 Å². The van der Waals surface area contributed by atoms with E-state index >= 15 is 0 Å². The van der Waals surface area contributed by atoms with Crippen molar-refractivity contribution < 1.29 is 37.0 Å². The van der Waals surface area contributed by atoms with Crippen LogP contribution in [0.5, 0.6) is 5.75 Å². The summed E-state index contributed by atoms with van der Waals surface area (Å²) < 4.78 is 43.3. The van der Waals surface area contributed by atoms with E-state index < -0.39 is 22.0 Å². The number of rotatable bonds is 7. The molecule has 1 aliphatic rings. The maximum atomic E-state index is 13.2. The second-order valence-corrected chi connectivity index (χ2v) is 8.89. The van der Waals surface area contributed by atoms with Gasteiger partial charge in [-0.15, -0.1) is 0 Å². The van der Waals surface area contributed by atoms with Gasteiger partial charge in [-0.2, -0.15) is 0 Å². The summed E-state index contributed by atoms with van der Waals surface area (Å²) in [7, 11) is -0.551. The van der Waals surface area contributed by atoms with Crippen molar-refractivity contribution in [3.05, 3.63) is 53.1 Å². The fourth-order valence-electron chi connectivity index (χ4n) is 3.48. The molecule has 1 aliphatic heterocycles. The number of nitrogens with zero attached hydrogens (tertiary/aromatic N) is 1. The lowest BCUT2D eigenvalue weighted by Crippen LogP contribution is -2.28. The monoisotopic (exact) mass is 476 g/mol. The molecule has 0 unspecified atom stereocenters. The molecule has 1 N–H and O–H groups in total. The van der Waals surface area contributed by atoms with Gasteiger partial charge in [-0.25, -0.2) is 18.0 Å². The van der Waals surface area contributed by atoms with E-state index in [1.165, 1.54) is 50.6 Å². The lowest BCUT2D eigenvalue weighted by Gasteiger charge is -2.18. The number of carbonyl (C=O) groups is 3. The average molecular weight is 477 g/mol. The molecule has 0 aromatic heterocycles. The van der Waals surface area contributed by atoms with Crippen LogP contribution in [-0.4, -0.2) is 65.6 Å². The highest BCUT2D eigenvalue weighted by Gasteiger charge is 2.26. The van der Waals surface area contributed by atoms with Crippen molar-refractivity contribution in [3.8, 4) is 5.75 Å². The van der Waals surface area contributed by atoms with E-state index in [1.807, 2.05) is 0 Å². The minimum atomic E-state index is -4.27. The van der Waals surface area contributed by atoms with E-state index in [4.69, 9.17) is 9.47 Å². The van der Waals surface area contributed by atoms with Gasteiger partial charge in [-0.1, -0.05) is 0 Å². The summed E-state index contributed by atoms with van der Waals surface area (Å²) in [6.07, 6.45) is 1.75. The molecule has 0 radical (unpaired) electrons. The first kappa shape index (κ1) is 24.1. The Bertz CT molecular complexity index is 1190. The van der Waals surface area contributed by atoms with Crippen LogP contribution in [0.4, 0.5) is 5.69 Å². The number of ether oxygens (including phenoxy) is 3. The third-order valence-corrected chi connectivity index (χ3v) is 6.56. The Balaban J connectivity index is 2.02. The van der Waals surface area contributed by atoms with Crippen molar-refractivity contribution in [1.82, 2.24) is 4.90 Å². The smallest absolute Gasteiger partial charge is 0.339 e. The molecule has 0 saturated carbocycles. The van der Waals surface area contributed by atoms with Gasteiger partial charge in [0, 0.05) is 13.1 Å². The minimum Gasteiger partial charge on any atom is -0.496 e. The number of sulfonamides is 1. The van der Waals surface area contributed by atoms with Gasteiger partial charge >= 0.3 is 11.9 Å². The highest BCUT2D eigenvalue weighted by atomic mass is 32.2. The second-order valence-electron chi connectivity index (χ2n) is 7.21. The van der Waals surface area contributed by atoms with Crippen LogP contribution in [0.25, 0.3) is 0 Å². The fraction of sp³-hybridized carbons (Fsp3) is 0.318. The Morgan fingerprint density at radius 3 is 2.15 bits per heavy atom. The molecule has 11 heteroatoms. The molecule has 2 aromatic rings. The normalized spacial score (nSPS) is 13.4. The van der Waals surface area contributed by atoms with Gasteiger partial charge in [0.2, 0.25) is 0 Å². The highest BCUT2D eigenvalue weighted by Crippen LogP contribution is 2.28. The molecule has 10 nitrogen and oxygen atoms in total. The number of anilines is 1. The molecule has 0 atom stereocenters. The molecule has 1 amide bonds. The summed E-state index contributed by atoms with van der Waals surface area (Å²) >= 11 is 0. The van der Waals surface area contributed by atoms with Gasteiger partial charge in [0.05, 0.1) is 48.6 Å². The third kappa shape index (κ3) is 5.08. The molecule has 0 bridgehead atoms. The van der Waals surface area contributed by atoms with Crippen LogP contribution in [0.15, 0.2) is 41.3 Å². The molecule has 1 fully saturated rings. The van der Waals surface area contributed by atoms with Crippen LogP contribution in [0, 0.1) is 0 Å². The standard InChI is InChI=1S/C22H24N2O8S/c1-30-19-9-7-15(13-17(19)20(25)24-10-4-5-11-24)33(28,29)23-18-12-14(21(26)31-2)6-8-16(18)22(27)32-3/h6-9,12-13,23H,4-5,10-11H2,1-3H3. The quantitative estimate of drug-likeness (QED) is 0.603. The molecule has 1 heterocycles. The average Bonchev–Trinajstić information content (AvgIpc) is 3.37. The number of methoxy groups -OCH3 is 3. The summed E-state index contributed by atoms with van der Waals surface area (Å²) in [5.74, 6) is -1.60. The molecular weight excluding hydrogens is 452 g/mol. The van der Waals surface area contributed by atoms with Crippen molar-refractivity contribution in [2.45, 2.75) is 17.7 Å². The largest absolute Gasteiger partial charge is 0.496 e. The number of esters is 2. The van der Waals surface area contributed by atoms with Crippen LogP contribution in [-0.2, 0) is 19.5 Å². The topological polar surface area (TPSA) is 128 Å². The number of hydrogen-bond acceptors (Lipinski definition) is 8. The van der Waals surface area contributed by atoms with Crippen molar-refractivity contribution in [1.29, 1.82) is 0 Å². The van der Waals surface area contributed by atoms with Crippen LogP contribution >= 0.6 is 0 Å². The zero-order chi connectivity index (χ0) is 24.2. The van der Waals surface area contributed by atoms with E-state index in [2.05, 4.69) is 9.46 Å². The Morgan fingerprint density at radius 1 is 0.879 bits per heavy atom. The van der Waals surface area contributed by atoms with Crippen LogP contribution in [0.1, 0.15) is 43.9 Å². The summed E-state index contributed by atoms with van der Waals surface area (Å²) in [6.45, 7) is 1.17. The lowest BCUT2D eigenvalue weighted by atomic mass is 10.1. The zero-order valence-electron chi connectivity index (χ0n) is 18.4. The van der Waals surface area contributed by atoms with Crippen LogP contribution < -0.4 is 9.46 Å². The molecule has 0 spiro atoms. The van der Waals surface area contributed by atoms with E-state index in [-0.39, 0.29) is 38.9 Å². The first-order chi connectivity index (χ1) is 15.7. The predicted molar refractivity (Wildman–Crippen MR) is 118 cm³/mol. The van der Waals surface area contributed by atoms with Crippen molar-refractivity contribution in [3.63, 3.8) is 0 Å². The summed E-state index contributed by atoms with van der Waals surface area (Å²) in [5, 5.41) is 0. The Morgan fingerprint density at radius 2 is 1.55 bits per heavy atom. The SMILES string of the molecule is COC(=O)c1ccc(C(=O)OC)c(NS(=O)(=O)c2ccc(OC)c(C(=O)N3CCCC3)c2)c1. The molecule has 3 rings (SSSR count). The summed E-state index contributed by atoms with van der Waals surface area (Å²) in [5.41, 5.74) is -0.134. The van der Waals surface area contributed by atoms with E-state index in [9.17, 15) is 22.8 Å². The van der Waals surface area contributed by atoms with Crippen molar-refractivity contribution in [2.75, 3.05) is 39.1 Å². The highest BCUT2D eigenvalue weighted by molar-refractivity contribution is 7.92. The number of amides is 1. The first-order valence-corrected chi connectivity index (χ1v) is 11.5. The Kier molecular flexibility index (Phi) is 7.22. The van der Waals surface area contributed by atoms with E-state index in [1.54, 1.807) is 4.90 Å². The molecule has 176 valence electrons. The molecular formula is C22H24N2O8S. The zero-order valence-corrected chi connectivity index (χ0v) is 19.2. The first-order valence-electron chi connectivity index (χ1n) is 10.0. The summed E-state index contributed by atoms with van der Waals surface area (Å²) in [6, 6.07) is 7.65. The number of benzene rings is 2. The van der Waals surface area contributed by atoms with Gasteiger partial charge in [-0.05, 0) is 49.2 Å². The van der Waals surface area contributed by atoms with Crippen LogP contribution in [0.2, 0.25) is 0 Å². The number of nitrogens with one attached hydrogen (secondary N) is 1. The fourth-order valence-corrected chi connectivity index (χ4v) is 4.57. The second kappa shape index (κ2) is 9.90.